The molecule has 0 saturated heterocycles. The topological polar surface area (TPSA) is 103 Å². The van der Waals surface area contributed by atoms with Gasteiger partial charge in [0, 0.05) is 19.2 Å². The van der Waals surface area contributed by atoms with E-state index in [1.54, 1.807) is 19.2 Å². The van der Waals surface area contributed by atoms with Crippen LogP contribution in [0.5, 0.6) is 17.2 Å². The lowest BCUT2D eigenvalue weighted by Crippen LogP contribution is -2.34. The minimum Gasteiger partial charge on any atom is -0.494 e. The van der Waals surface area contributed by atoms with Crippen molar-refractivity contribution >= 4 is 17.8 Å². The van der Waals surface area contributed by atoms with Gasteiger partial charge in [-0.1, -0.05) is 12.1 Å². The second-order valence-electron chi connectivity index (χ2n) is 6.74. The quantitative estimate of drug-likeness (QED) is 0.607. The highest BCUT2D eigenvalue weighted by atomic mass is 16.7. The van der Waals surface area contributed by atoms with Crippen LogP contribution in [-0.4, -0.2) is 56.3 Å². The van der Waals surface area contributed by atoms with E-state index in [1.807, 2.05) is 31.2 Å². The van der Waals surface area contributed by atoms with Crippen LogP contribution in [0, 0.1) is 0 Å². The average molecular weight is 428 g/mol. The van der Waals surface area contributed by atoms with Gasteiger partial charge in [0.15, 0.2) is 18.1 Å². The summed E-state index contributed by atoms with van der Waals surface area (Å²) >= 11 is 0. The molecule has 0 atom stereocenters. The highest BCUT2D eigenvalue weighted by Gasteiger charge is 2.17. The first-order valence-electron chi connectivity index (χ1n) is 9.75. The number of nitrogens with zero attached hydrogens (tertiary/aromatic N) is 1. The number of nitrogens with one attached hydrogen (secondary N) is 1. The van der Waals surface area contributed by atoms with E-state index >= 15 is 0 Å². The lowest BCUT2D eigenvalue weighted by molar-refractivity contribution is -0.150. The van der Waals surface area contributed by atoms with E-state index < -0.39 is 18.5 Å². The van der Waals surface area contributed by atoms with E-state index in [-0.39, 0.29) is 19.2 Å². The smallest absolute Gasteiger partial charge is 0.325 e. The zero-order valence-corrected chi connectivity index (χ0v) is 17.4. The third kappa shape index (κ3) is 6.11. The Morgan fingerprint density at radius 1 is 1.06 bits per heavy atom. The van der Waals surface area contributed by atoms with Gasteiger partial charge in [-0.25, -0.2) is 0 Å². The molecule has 0 saturated carbocycles. The highest BCUT2D eigenvalue weighted by Crippen LogP contribution is 2.32. The van der Waals surface area contributed by atoms with Crippen molar-refractivity contribution in [1.82, 2.24) is 10.2 Å². The first-order chi connectivity index (χ1) is 15.0. The number of likely N-dealkylation sites (N-methyl/N-ethyl adjacent to an activating group) is 1. The Morgan fingerprint density at radius 2 is 1.81 bits per heavy atom. The minimum absolute atomic E-state index is 0.105. The molecule has 2 aromatic carbocycles. The number of esters is 1. The Morgan fingerprint density at radius 3 is 2.55 bits per heavy atom. The van der Waals surface area contributed by atoms with Crippen molar-refractivity contribution in [1.29, 1.82) is 0 Å². The van der Waals surface area contributed by atoms with E-state index in [9.17, 15) is 14.4 Å². The van der Waals surface area contributed by atoms with Gasteiger partial charge in [-0.15, -0.1) is 0 Å². The summed E-state index contributed by atoms with van der Waals surface area (Å²) in [5.41, 5.74) is 1.24. The highest BCUT2D eigenvalue weighted by molar-refractivity contribution is 5.96. The van der Waals surface area contributed by atoms with Gasteiger partial charge < -0.3 is 29.2 Å². The van der Waals surface area contributed by atoms with Crippen LogP contribution < -0.4 is 19.5 Å². The molecule has 9 nitrogen and oxygen atoms in total. The Kier molecular flexibility index (Phi) is 7.31. The molecule has 0 aliphatic carbocycles. The van der Waals surface area contributed by atoms with Gasteiger partial charge in [-0.05, 0) is 42.8 Å². The number of carbonyl (C=O) groups is 3. The Balaban J connectivity index is 1.39. The van der Waals surface area contributed by atoms with E-state index in [0.717, 1.165) is 11.3 Å². The number of benzene rings is 2. The van der Waals surface area contributed by atoms with Gasteiger partial charge in [0.05, 0.1) is 6.61 Å². The SMILES string of the molecule is CCOc1ccc(CN(C)C(=O)COC(=O)CNC(=O)c2ccc3c(c2)OCO3)cc1. The fourth-order valence-corrected chi connectivity index (χ4v) is 2.82. The number of hydrogen-bond donors (Lipinski definition) is 1. The molecule has 1 N–H and O–H groups in total. The summed E-state index contributed by atoms with van der Waals surface area (Å²) in [6.07, 6.45) is 0. The molecule has 164 valence electrons. The first kappa shape index (κ1) is 21.9. The van der Waals surface area contributed by atoms with Crippen molar-refractivity contribution in [3.8, 4) is 17.2 Å². The Labute approximate surface area is 179 Å². The zero-order valence-electron chi connectivity index (χ0n) is 17.4. The fourth-order valence-electron chi connectivity index (χ4n) is 2.82. The predicted octanol–water partition coefficient (Wildman–Crippen LogP) is 1.75. The monoisotopic (exact) mass is 428 g/mol. The van der Waals surface area contributed by atoms with Crippen LogP contribution in [0.25, 0.3) is 0 Å². The number of ether oxygens (including phenoxy) is 4. The van der Waals surface area contributed by atoms with Gasteiger partial charge >= 0.3 is 5.97 Å². The summed E-state index contributed by atoms with van der Waals surface area (Å²) in [6, 6.07) is 12.1. The molecule has 31 heavy (non-hydrogen) atoms. The molecule has 2 amide bonds. The van der Waals surface area contributed by atoms with Gasteiger partial charge in [-0.2, -0.15) is 0 Å². The molecule has 3 rings (SSSR count). The van der Waals surface area contributed by atoms with E-state index in [1.165, 1.54) is 11.0 Å². The number of rotatable bonds is 9. The lowest BCUT2D eigenvalue weighted by atomic mass is 10.2. The van der Waals surface area contributed by atoms with Crippen LogP contribution in [0.3, 0.4) is 0 Å². The molecule has 0 fully saturated rings. The number of carbonyl (C=O) groups excluding carboxylic acids is 3. The maximum absolute atomic E-state index is 12.2. The molecule has 9 heteroatoms. The van der Waals surface area contributed by atoms with E-state index in [2.05, 4.69) is 5.32 Å². The van der Waals surface area contributed by atoms with Gasteiger partial charge in [0.2, 0.25) is 6.79 Å². The second kappa shape index (κ2) is 10.3. The van der Waals surface area contributed by atoms with Crippen LogP contribution in [0.2, 0.25) is 0 Å². The van der Waals surface area contributed by atoms with Gasteiger partial charge in [0.25, 0.3) is 11.8 Å². The number of amides is 2. The van der Waals surface area contributed by atoms with Crippen LogP contribution in [0.15, 0.2) is 42.5 Å². The largest absolute Gasteiger partial charge is 0.494 e. The lowest BCUT2D eigenvalue weighted by Gasteiger charge is -2.17. The van der Waals surface area contributed by atoms with Crippen LogP contribution in [0.4, 0.5) is 0 Å². The number of fused-ring (bicyclic) bond motifs is 1. The Hall–Kier alpha value is -3.75. The summed E-state index contributed by atoms with van der Waals surface area (Å²) in [5.74, 6) is 0.257. The Bertz CT molecular complexity index is 943. The van der Waals surface area contributed by atoms with Crippen molar-refractivity contribution in [2.75, 3.05) is 33.6 Å². The molecule has 1 aliphatic rings. The summed E-state index contributed by atoms with van der Waals surface area (Å²) in [7, 11) is 1.62. The molecular formula is C22H24N2O7. The molecular weight excluding hydrogens is 404 g/mol. The summed E-state index contributed by atoms with van der Waals surface area (Å²) < 4.78 is 20.8. The second-order valence-corrected chi connectivity index (χ2v) is 6.74. The molecule has 0 spiro atoms. The standard InChI is InChI=1S/C22H24N2O7/c1-3-28-17-7-4-15(5-8-17)12-24(2)20(25)13-29-21(26)11-23-22(27)16-6-9-18-19(10-16)31-14-30-18/h4-10H,3,11-14H2,1-2H3,(H,23,27). The van der Waals surface area contributed by atoms with Crippen molar-refractivity contribution in [2.45, 2.75) is 13.5 Å². The van der Waals surface area contributed by atoms with Crippen molar-refractivity contribution in [3.63, 3.8) is 0 Å². The van der Waals surface area contributed by atoms with Gasteiger partial charge in [-0.3, -0.25) is 14.4 Å². The maximum atomic E-state index is 12.2. The van der Waals surface area contributed by atoms with Crippen molar-refractivity contribution in [3.05, 3.63) is 53.6 Å². The van der Waals surface area contributed by atoms with Crippen LogP contribution in [0.1, 0.15) is 22.8 Å². The first-order valence-corrected chi connectivity index (χ1v) is 9.75. The molecule has 0 aromatic heterocycles. The van der Waals surface area contributed by atoms with Gasteiger partial charge in [0.1, 0.15) is 12.3 Å². The van der Waals surface area contributed by atoms with E-state index in [4.69, 9.17) is 18.9 Å². The third-order valence-corrected chi connectivity index (χ3v) is 4.46. The van der Waals surface area contributed by atoms with Crippen LogP contribution in [-0.2, 0) is 20.9 Å². The zero-order chi connectivity index (χ0) is 22.2. The van der Waals surface area contributed by atoms with Crippen molar-refractivity contribution < 1.29 is 33.3 Å². The normalized spacial score (nSPS) is 11.5. The molecule has 0 unspecified atom stereocenters. The molecule has 0 radical (unpaired) electrons. The molecule has 2 aromatic rings. The summed E-state index contributed by atoms with van der Waals surface area (Å²) in [5, 5.41) is 2.45. The molecule has 0 bridgehead atoms. The average Bonchev–Trinajstić information content (AvgIpc) is 3.25. The summed E-state index contributed by atoms with van der Waals surface area (Å²) in [4.78, 5) is 37.7. The maximum Gasteiger partial charge on any atom is 0.325 e. The predicted molar refractivity (Wildman–Crippen MR) is 110 cm³/mol. The third-order valence-electron chi connectivity index (χ3n) is 4.46. The molecule has 1 heterocycles. The fraction of sp³-hybridized carbons (Fsp3) is 0.318. The van der Waals surface area contributed by atoms with Crippen molar-refractivity contribution in [2.24, 2.45) is 0 Å². The van der Waals surface area contributed by atoms with E-state index in [0.29, 0.717) is 30.2 Å². The summed E-state index contributed by atoms with van der Waals surface area (Å²) in [6.45, 7) is 2.19. The van der Waals surface area contributed by atoms with Crippen LogP contribution >= 0.6 is 0 Å². The molecule has 1 aliphatic heterocycles. The number of hydrogen-bond acceptors (Lipinski definition) is 7. The minimum atomic E-state index is -0.711.